The van der Waals surface area contributed by atoms with Crippen molar-refractivity contribution in [2.24, 2.45) is 5.92 Å². The molecule has 3 N–H and O–H groups in total. The SMILES string of the molecule is CCC1CCC(NC(=O)CNC(=O)c2ccccc2)(C(=O)O)CC1. The predicted molar refractivity (Wildman–Crippen MR) is 89.5 cm³/mol. The second-order valence-electron chi connectivity index (χ2n) is 6.34. The van der Waals surface area contributed by atoms with Crippen LogP contribution in [0, 0.1) is 5.92 Å². The summed E-state index contributed by atoms with van der Waals surface area (Å²) < 4.78 is 0. The minimum atomic E-state index is -1.21. The van der Waals surface area contributed by atoms with Crippen molar-refractivity contribution >= 4 is 17.8 Å². The van der Waals surface area contributed by atoms with Crippen molar-refractivity contribution in [2.75, 3.05) is 6.54 Å². The van der Waals surface area contributed by atoms with Crippen LogP contribution in [-0.2, 0) is 9.59 Å². The molecule has 0 spiro atoms. The monoisotopic (exact) mass is 332 g/mol. The average Bonchev–Trinajstić information content (AvgIpc) is 2.61. The Balaban J connectivity index is 1.90. The molecule has 0 aromatic heterocycles. The minimum absolute atomic E-state index is 0.236. The molecule has 1 fully saturated rings. The normalized spacial score (nSPS) is 23.3. The molecule has 6 heteroatoms. The molecule has 2 amide bonds. The lowest BCUT2D eigenvalue weighted by Gasteiger charge is -2.37. The molecule has 0 atom stereocenters. The van der Waals surface area contributed by atoms with Crippen LogP contribution in [0.2, 0.25) is 0 Å². The van der Waals surface area contributed by atoms with Gasteiger partial charge in [0.25, 0.3) is 5.91 Å². The average molecular weight is 332 g/mol. The summed E-state index contributed by atoms with van der Waals surface area (Å²) in [5.74, 6) is -1.31. The zero-order valence-corrected chi connectivity index (χ0v) is 13.9. The molecule has 130 valence electrons. The van der Waals surface area contributed by atoms with Crippen LogP contribution in [0.5, 0.6) is 0 Å². The van der Waals surface area contributed by atoms with Crippen LogP contribution >= 0.6 is 0 Å². The zero-order valence-electron chi connectivity index (χ0n) is 13.9. The first-order chi connectivity index (χ1) is 11.5. The number of hydrogen-bond acceptors (Lipinski definition) is 3. The number of amides is 2. The number of aliphatic carboxylic acids is 1. The van der Waals surface area contributed by atoms with Gasteiger partial charge in [-0.05, 0) is 43.7 Å². The lowest BCUT2D eigenvalue weighted by atomic mass is 9.75. The maximum atomic E-state index is 12.1. The Bertz CT molecular complexity index is 592. The highest BCUT2D eigenvalue weighted by atomic mass is 16.4. The first-order valence-corrected chi connectivity index (χ1v) is 8.34. The van der Waals surface area contributed by atoms with Gasteiger partial charge >= 0.3 is 5.97 Å². The molecule has 6 nitrogen and oxygen atoms in total. The molecule has 0 heterocycles. The van der Waals surface area contributed by atoms with Crippen LogP contribution in [0.1, 0.15) is 49.4 Å². The summed E-state index contributed by atoms with van der Waals surface area (Å²) in [5.41, 5.74) is -0.748. The molecular weight excluding hydrogens is 308 g/mol. The molecule has 1 aromatic rings. The van der Waals surface area contributed by atoms with Gasteiger partial charge in [0.1, 0.15) is 5.54 Å². The van der Waals surface area contributed by atoms with Crippen molar-refractivity contribution < 1.29 is 19.5 Å². The second-order valence-corrected chi connectivity index (χ2v) is 6.34. The molecule has 1 aromatic carbocycles. The standard InChI is InChI=1S/C18H24N2O4/c1-2-13-8-10-18(11-9-13,17(23)24)20-15(21)12-19-16(22)14-6-4-3-5-7-14/h3-7,13H,2,8-12H2,1H3,(H,19,22)(H,20,21)(H,23,24). The molecule has 2 rings (SSSR count). The largest absolute Gasteiger partial charge is 0.480 e. The lowest BCUT2D eigenvalue weighted by molar-refractivity contribution is -0.149. The van der Waals surface area contributed by atoms with Gasteiger partial charge in [-0.15, -0.1) is 0 Å². The van der Waals surface area contributed by atoms with E-state index in [1.54, 1.807) is 30.3 Å². The Morgan fingerprint density at radius 1 is 1.17 bits per heavy atom. The molecule has 24 heavy (non-hydrogen) atoms. The smallest absolute Gasteiger partial charge is 0.329 e. The first-order valence-electron chi connectivity index (χ1n) is 8.34. The third-order valence-electron chi connectivity index (χ3n) is 4.77. The van der Waals surface area contributed by atoms with E-state index in [1.165, 1.54) is 0 Å². The van der Waals surface area contributed by atoms with Gasteiger partial charge in [-0.3, -0.25) is 9.59 Å². The van der Waals surface area contributed by atoms with E-state index in [0.717, 1.165) is 19.3 Å². The third-order valence-corrected chi connectivity index (χ3v) is 4.77. The predicted octanol–water partition coefficient (Wildman–Crippen LogP) is 1.96. The van der Waals surface area contributed by atoms with E-state index in [1.807, 2.05) is 0 Å². The topological polar surface area (TPSA) is 95.5 Å². The number of benzene rings is 1. The Hall–Kier alpha value is -2.37. The molecule has 1 aliphatic carbocycles. The highest BCUT2D eigenvalue weighted by Crippen LogP contribution is 2.33. The third kappa shape index (κ3) is 4.34. The molecule has 0 bridgehead atoms. The van der Waals surface area contributed by atoms with Crippen molar-refractivity contribution in [3.05, 3.63) is 35.9 Å². The number of rotatable bonds is 6. The van der Waals surface area contributed by atoms with Gasteiger partial charge in [-0.25, -0.2) is 4.79 Å². The zero-order chi connectivity index (χ0) is 17.6. The first kappa shape index (κ1) is 18.0. The van der Waals surface area contributed by atoms with E-state index in [2.05, 4.69) is 17.6 Å². The van der Waals surface area contributed by atoms with Crippen molar-refractivity contribution in [1.82, 2.24) is 10.6 Å². The summed E-state index contributed by atoms with van der Waals surface area (Å²) >= 11 is 0. The number of carboxylic acids is 1. The number of nitrogens with one attached hydrogen (secondary N) is 2. The number of carbonyl (C=O) groups is 3. The molecule has 0 radical (unpaired) electrons. The van der Waals surface area contributed by atoms with Crippen LogP contribution in [-0.4, -0.2) is 35.0 Å². The molecular formula is C18H24N2O4. The molecule has 0 saturated heterocycles. The van der Waals surface area contributed by atoms with Crippen LogP contribution in [0.4, 0.5) is 0 Å². The van der Waals surface area contributed by atoms with Crippen molar-refractivity contribution in [1.29, 1.82) is 0 Å². The van der Waals surface area contributed by atoms with Crippen LogP contribution in [0.15, 0.2) is 30.3 Å². The maximum absolute atomic E-state index is 12.1. The second kappa shape index (κ2) is 7.95. The highest BCUT2D eigenvalue weighted by Gasteiger charge is 2.42. The van der Waals surface area contributed by atoms with Crippen molar-refractivity contribution in [3.8, 4) is 0 Å². The van der Waals surface area contributed by atoms with Crippen LogP contribution < -0.4 is 10.6 Å². The maximum Gasteiger partial charge on any atom is 0.329 e. The summed E-state index contributed by atoms with van der Waals surface area (Å²) in [5, 5.41) is 14.7. The number of carbonyl (C=O) groups excluding carboxylic acids is 2. The van der Waals surface area contributed by atoms with Crippen LogP contribution in [0.25, 0.3) is 0 Å². The molecule has 0 unspecified atom stereocenters. The van der Waals surface area contributed by atoms with Gasteiger partial charge < -0.3 is 15.7 Å². The fraction of sp³-hybridized carbons (Fsp3) is 0.500. The van der Waals surface area contributed by atoms with E-state index >= 15 is 0 Å². The van der Waals surface area contributed by atoms with Crippen LogP contribution in [0.3, 0.4) is 0 Å². The van der Waals surface area contributed by atoms with E-state index in [4.69, 9.17) is 0 Å². The van der Waals surface area contributed by atoms with Crippen molar-refractivity contribution in [3.63, 3.8) is 0 Å². The van der Waals surface area contributed by atoms with E-state index in [-0.39, 0.29) is 12.5 Å². The summed E-state index contributed by atoms with van der Waals surface area (Å²) in [4.78, 5) is 35.7. The van der Waals surface area contributed by atoms with E-state index in [0.29, 0.717) is 24.3 Å². The number of hydrogen-bond donors (Lipinski definition) is 3. The summed E-state index contributed by atoms with van der Waals surface area (Å²) in [6.45, 7) is 1.86. The van der Waals surface area contributed by atoms with Crippen molar-refractivity contribution in [2.45, 2.75) is 44.6 Å². The minimum Gasteiger partial charge on any atom is -0.480 e. The van der Waals surface area contributed by atoms with Gasteiger partial charge in [0.15, 0.2) is 0 Å². The molecule has 1 saturated carbocycles. The molecule has 1 aliphatic rings. The highest BCUT2D eigenvalue weighted by molar-refractivity contribution is 5.97. The summed E-state index contributed by atoms with van der Waals surface area (Å²) in [7, 11) is 0. The fourth-order valence-electron chi connectivity index (χ4n) is 3.13. The van der Waals surface area contributed by atoms with Gasteiger partial charge in [-0.1, -0.05) is 31.5 Å². The van der Waals surface area contributed by atoms with E-state index < -0.39 is 17.4 Å². The lowest BCUT2D eigenvalue weighted by Crippen LogP contribution is -2.58. The van der Waals surface area contributed by atoms with Gasteiger partial charge in [0.05, 0.1) is 6.54 Å². The fourth-order valence-corrected chi connectivity index (χ4v) is 3.13. The van der Waals surface area contributed by atoms with E-state index in [9.17, 15) is 19.5 Å². The quantitative estimate of drug-likeness (QED) is 0.742. The Kier molecular flexibility index (Phi) is 5.95. The summed E-state index contributed by atoms with van der Waals surface area (Å²) in [6, 6.07) is 8.57. The van der Waals surface area contributed by atoms with Gasteiger partial charge in [0.2, 0.25) is 5.91 Å². The Morgan fingerprint density at radius 2 is 1.79 bits per heavy atom. The number of carboxylic acid groups (broad SMARTS) is 1. The Labute approximate surface area is 141 Å². The Morgan fingerprint density at radius 3 is 2.33 bits per heavy atom. The molecule has 0 aliphatic heterocycles. The van der Waals surface area contributed by atoms with Gasteiger partial charge in [-0.2, -0.15) is 0 Å². The summed E-state index contributed by atoms with van der Waals surface area (Å²) in [6.07, 6.45) is 3.47. The van der Waals surface area contributed by atoms with Gasteiger partial charge in [0, 0.05) is 5.56 Å².